The molecule has 0 amide bonds. The van der Waals surface area contributed by atoms with E-state index in [-0.39, 0.29) is 42.0 Å². The van der Waals surface area contributed by atoms with Crippen LogP contribution in [0.4, 0.5) is 13.2 Å². The average molecular weight is 570 g/mol. The molecule has 0 saturated heterocycles. The molecule has 0 spiro atoms. The fraction of sp³-hybridized carbons (Fsp3) is 0.350. The van der Waals surface area contributed by atoms with Crippen molar-refractivity contribution >= 4 is 40.0 Å². The summed E-state index contributed by atoms with van der Waals surface area (Å²) in [5.41, 5.74) is 0.240. The maximum Gasteiger partial charge on any atom is 0.416 e. The molecule has 0 saturated carbocycles. The molecular formula is C20H26F3IN4O2S. The van der Waals surface area contributed by atoms with Crippen LogP contribution in [-0.4, -0.2) is 39.3 Å². The third-order valence-electron chi connectivity index (χ3n) is 4.20. The van der Waals surface area contributed by atoms with E-state index in [2.05, 4.69) is 15.6 Å². The number of sulfonamides is 1. The molecule has 2 aromatic carbocycles. The Labute approximate surface area is 198 Å². The topological polar surface area (TPSA) is 73.8 Å². The predicted molar refractivity (Wildman–Crippen MR) is 126 cm³/mol. The molecule has 0 fully saturated rings. The molecule has 0 unspecified atom stereocenters. The van der Waals surface area contributed by atoms with Crippen molar-refractivity contribution in [2.24, 2.45) is 4.99 Å². The van der Waals surface area contributed by atoms with Gasteiger partial charge in [-0.3, -0.25) is 0 Å². The van der Waals surface area contributed by atoms with Crippen molar-refractivity contribution in [1.29, 1.82) is 0 Å². The van der Waals surface area contributed by atoms with Crippen LogP contribution in [0.1, 0.15) is 23.6 Å². The fourth-order valence-electron chi connectivity index (χ4n) is 2.64. The van der Waals surface area contributed by atoms with Crippen molar-refractivity contribution in [2.75, 3.05) is 20.6 Å². The molecule has 11 heteroatoms. The first-order valence-electron chi connectivity index (χ1n) is 9.24. The number of aliphatic imine (C=N–C) groups is 1. The third-order valence-corrected chi connectivity index (χ3v) is 6.11. The predicted octanol–water partition coefficient (Wildman–Crippen LogP) is 3.83. The van der Waals surface area contributed by atoms with E-state index in [9.17, 15) is 21.6 Å². The highest BCUT2D eigenvalue weighted by Crippen LogP contribution is 2.29. The van der Waals surface area contributed by atoms with E-state index in [1.54, 1.807) is 24.3 Å². The van der Waals surface area contributed by atoms with Crippen LogP contribution in [0.25, 0.3) is 0 Å². The number of benzene rings is 2. The molecule has 0 radical (unpaired) electrons. The maximum atomic E-state index is 12.9. The van der Waals surface area contributed by atoms with Gasteiger partial charge in [-0.05, 0) is 36.2 Å². The molecule has 0 aliphatic rings. The van der Waals surface area contributed by atoms with Crippen LogP contribution >= 0.6 is 24.0 Å². The zero-order valence-corrected chi connectivity index (χ0v) is 20.5. The van der Waals surface area contributed by atoms with Gasteiger partial charge in [0, 0.05) is 27.2 Å². The van der Waals surface area contributed by atoms with E-state index in [0.717, 1.165) is 16.4 Å². The Kier molecular flexibility index (Phi) is 10.2. The Morgan fingerprint density at radius 2 is 1.74 bits per heavy atom. The Morgan fingerprint density at radius 3 is 2.35 bits per heavy atom. The standard InChI is InChI=1S/C20H25F3N4O2S.HI/c1-4-24-19(25-13-15-8-7-10-17(12-15)20(21,22)23)26-14-16-9-5-6-11-18(16)30(28,29)27(2)3;/h5-12H,4,13-14H2,1-3H3,(H2,24,25,26);1H. The van der Waals surface area contributed by atoms with Gasteiger partial charge < -0.3 is 10.6 Å². The van der Waals surface area contributed by atoms with Crippen LogP contribution in [-0.2, 0) is 29.3 Å². The Bertz CT molecular complexity index is 996. The molecule has 0 aromatic heterocycles. The van der Waals surface area contributed by atoms with Crippen LogP contribution in [0.3, 0.4) is 0 Å². The third kappa shape index (κ3) is 7.65. The second-order valence-corrected chi connectivity index (χ2v) is 8.76. The number of halogens is 4. The number of alkyl halides is 3. The van der Waals surface area contributed by atoms with E-state index in [0.29, 0.717) is 23.6 Å². The number of nitrogens with zero attached hydrogens (tertiary/aromatic N) is 2. The quantitative estimate of drug-likeness (QED) is 0.302. The number of guanidine groups is 1. The van der Waals surface area contributed by atoms with Gasteiger partial charge in [-0.2, -0.15) is 13.2 Å². The van der Waals surface area contributed by atoms with Crippen LogP contribution in [0.2, 0.25) is 0 Å². The average Bonchev–Trinajstić information content (AvgIpc) is 2.69. The first-order valence-corrected chi connectivity index (χ1v) is 10.7. The number of hydrogen-bond acceptors (Lipinski definition) is 3. The Morgan fingerprint density at radius 1 is 1.06 bits per heavy atom. The van der Waals surface area contributed by atoms with Crippen LogP contribution in [0.15, 0.2) is 58.4 Å². The summed E-state index contributed by atoms with van der Waals surface area (Å²) in [5.74, 6) is 0.368. The number of nitrogens with one attached hydrogen (secondary N) is 2. The fourth-order valence-corrected chi connectivity index (χ4v) is 3.75. The summed E-state index contributed by atoms with van der Waals surface area (Å²) in [6.45, 7) is 2.60. The minimum Gasteiger partial charge on any atom is -0.357 e. The monoisotopic (exact) mass is 570 g/mol. The summed E-state index contributed by atoms with van der Waals surface area (Å²) in [6.07, 6.45) is -4.41. The number of hydrogen-bond donors (Lipinski definition) is 2. The van der Waals surface area contributed by atoms with Gasteiger partial charge in [0.25, 0.3) is 0 Å². The lowest BCUT2D eigenvalue weighted by Crippen LogP contribution is -2.37. The smallest absolute Gasteiger partial charge is 0.357 e. The Balaban J connectivity index is 0.00000480. The van der Waals surface area contributed by atoms with Gasteiger partial charge in [0.05, 0.1) is 17.0 Å². The van der Waals surface area contributed by atoms with E-state index < -0.39 is 21.8 Å². The molecule has 2 N–H and O–H groups in total. The molecule has 0 aliphatic carbocycles. The van der Waals surface area contributed by atoms with Gasteiger partial charge in [0.2, 0.25) is 10.0 Å². The normalized spacial score (nSPS) is 12.4. The lowest BCUT2D eigenvalue weighted by Gasteiger charge is -2.17. The summed E-state index contributed by atoms with van der Waals surface area (Å²) >= 11 is 0. The number of rotatable bonds is 7. The van der Waals surface area contributed by atoms with Crippen molar-refractivity contribution in [3.05, 3.63) is 65.2 Å². The first-order chi connectivity index (χ1) is 14.1. The van der Waals surface area contributed by atoms with Crippen molar-refractivity contribution in [3.8, 4) is 0 Å². The van der Waals surface area contributed by atoms with Gasteiger partial charge in [-0.1, -0.05) is 30.3 Å². The zero-order chi connectivity index (χ0) is 22.4. The summed E-state index contributed by atoms with van der Waals surface area (Å²) in [6, 6.07) is 11.6. The van der Waals surface area contributed by atoms with Crippen LogP contribution in [0.5, 0.6) is 0 Å². The zero-order valence-electron chi connectivity index (χ0n) is 17.4. The highest BCUT2D eigenvalue weighted by molar-refractivity contribution is 14.0. The van der Waals surface area contributed by atoms with E-state index in [1.165, 1.54) is 26.2 Å². The second kappa shape index (κ2) is 11.7. The van der Waals surface area contributed by atoms with Crippen molar-refractivity contribution in [3.63, 3.8) is 0 Å². The molecule has 172 valence electrons. The van der Waals surface area contributed by atoms with Crippen LogP contribution < -0.4 is 10.6 Å². The van der Waals surface area contributed by atoms with Crippen molar-refractivity contribution in [1.82, 2.24) is 14.9 Å². The highest BCUT2D eigenvalue weighted by Gasteiger charge is 2.30. The molecular weight excluding hydrogens is 544 g/mol. The lowest BCUT2D eigenvalue weighted by molar-refractivity contribution is -0.137. The first kappa shape index (κ1) is 27.2. The molecule has 0 aliphatic heterocycles. The van der Waals surface area contributed by atoms with Gasteiger partial charge >= 0.3 is 6.18 Å². The Hall–Kier alpha value is -1.86. The van der Waals surface area contributed by atoms with E-state index >= 15 is 0 Å². The summed E-state index contributed by atoms with van der Waals surface area (Å²) in [5, 5.41) is 6.04. The molecule has 0 bridgehead atoms. The summed E-state index contributed by atoms with van der Waals surface area (Å²) < 4.78 is 64.8. The highest BCUT2D eigenvalue weighted by atomic mass is 127. The van der Waals surface area contributed by atoms with Gasteiger partial charge in [0.15, 0.2) is 5.96 Å². The summed E-state index contributed by atoms with van der Waals surface area (Å²) in [4.78, 5) is 4.49. The van der Waals surface area contributed by atoms with Gasteiger partial charge in [-0.15, -0.1) is 24.0 Å². The summed E-state index contributed by atoms with van der Waals surface area (Å²) in [7, 11) is -0.698. The minimum absolute atomic E-state index is 0. The molecule has 2 aromatic rings. The van der Waals surface area contributed by atoms with Crippen LogP contribution in [0, 0.1) is 0 Å². The van der Waals surface area contributed by atoms with E-state index in [1.807, 2.05) is 6.92 Å². The second-order valence-electron chi connectivity index (χ2n) is 6.64. The molecule has 0 atom stereocenters. The largest absolute Gasteiger partial charge is 0.416 e. The van der Waals surface area contributed by atoms with Crippen molar-refractivity contribution < 1.29 is 21.6 Å². The molecule has 6 nitrogen and oxygen atoms in total. The van der Waals surface area contributed by atoms with Gasteiger partial charge in [0.1, 0.15) is 0 Å². The molecule has 0 heterocycles. The maximum absolute atomic E-state index is 12.9. The SMILES string of the molecule is CCNC(=NCc1cccc(C(F)(F)F)c1)NCc1ccccc1S(=O)(=O)N(C)C.I. The van der Waals surface area contributed by atoms with E-state index in [4.69, 9.17) is 0 Å². The minimum atomic E-state index is -4.41. The lowest BCUT2D eigenvalue weighted by atomic mass is 10.1. The van der Waals surface area contributed by atoms with Crippen molar-refractivity contribution in [2.45, 2.75) is 31.1 Å². The van der Waals surface area contributed by atoms with Gasteiger partial charge in [-0.25, -0.2) is 17.7 Å². The molecule has 2 rings (SSSR count). The molecule has 31 heavy (non-hydrogen) atoms.